The molecule has 3 aromatic heterocycles. The van der Waals surface area contributed by atoms with E-state index >= 15 is 0 Å². The summed E-state index contributed by atoms with van der Waals surface area (Å²) in [4.78, 5) is 32.2. The molecule has 0 aromatic carbocycles. The van der Waals surface area contributed by atoms with Gasteiger partial charge >= 0.3 is 11.9 Å². The molecule has 0 N–H and O–H groups in total. The molecule has 0 saturated heterocycles. The van der Waals surface area contributed by atoms with Gasteiger partial charge in [-0.05, 0) is 23.8 Å². The number of rotatable bonds is 2. The molecule has 0 spiro atoms. The molecule has 0 amide bonds. The number of pyridine rings is 2. The van der Waals surface area contributed by atoms with Gasteiger partial charge in [-0.2, -0.15) is 13.2 Å². The molecular formula is C15H11F3N4O2. The lowest BCUT2D eigenvalue weighted by molar-refractivity contribution is -0.141. The molecule has 124 valence electrons. The maximum absolute atomic E-state index is 12.8. The van der Waals surface area contributed by atoms with Crippen LogP contribution in [0.5, 0.6) is 0 Å². The van der Waals surface area contributed by atoms with Crippen molar-refractivity contribution >= 4 is 11.0 Å². The molecule has 0 saturated carbocycles. The van der Waals surface area contributed by atoms with Crippen LogP contribution in [0.2, 0.25) is 0 Å². The van der Waals surface area contributed by atoms with E-state index < -0.39 is 23.1 Å². The van der Waals surface area contributed by atoms with Crippen LogP contribution in [0, 0.1) is 0 Å². The van der Waals surface area contributed by atoms with Gasteiger partial charge in [0, 0.05) is 19.4 Å². The van der Waals surface area contributed by atoms with Crippen molar-refractivity contribution in [3.63, 3.8) is 0 Å². The molecule has 0 fully saturated rings. The second kappa shape index (κ2) is 5.59. The second-order valence-electron chi connectivity index (χ2n) is 5.16. The average Bonchev–Trinajstić information content (AvgIpc) is 2.56. The van der Waals surface area contributed by atoms with E-state index in [4.69, 9.17) is 0 Å². The highest BCUT2D eigenvalue weighted by Crippen LogP contribution is 2.28. The van der Waals surface area contributed by atoms with E-state index in [2.05, 4.69) is 9.97 Å². The van der Waals surface area contributed by atoms with Gasteiger partial charge in [-0.25, -0.2) is 9.78 Å². The number of hydrogen-bond acceptors (Lipinski definition) is 4. The quantitative estimate of drug-likeness (QED) is 0.712. The minimum absolute atomic E-state index is 0.0314. The zero-order valence-electron chi connectivity index (χ0n) is 12.4. The predicted octanol–water partition coefficient (Wildman–Crippen LogP) is 1.56. The second-order valence-corrected chi connectivity index (χ2v) is 5.16. The van der Waals surface area contributed by atoms with Crippen LogP contribution in [-0.4, -0.2) is 19.1 Å². The Morgan fingerprint density at radius 3 is 2.54 bits per heavy atom. The molecule has 9 heteroatoms. The molecule has 0 bridgehead atoms. The smallest absolute Gasteiger partial charge is 0.280 e. The maximum atomic E-state index is 12.8. The molecular weight excluding hydrogens is 325 g/mol. The van der Waals surface area contributed by atoms with Gasteiger partial charge in [-0.1, -0.05) is 6.07 Å². The fourth-order valence-corrected chi connectivity index (χ4v) is 2.35. The van der Waals surface area contributed by atoms with Crippen LogP contribution in [0.15, 0.2) is 46.2 Å². The van der Waals surface area contributed by atoms with Crippen molar-refractivity contribution in [2.45, 2.75) is 12.7 Å². The number of aryl methyl sites for hydroxylation is 1. The summed E-state index contributed by atoms with van der Waals surface area (Å²) in [5.41, 5.74) is -2.28. The topological polar surface area (TPSA) is 69.8 Å². The van der Waals surface area contributed by atoms with Crippen molar-refractivity contribution in [2.24, 2.45) is 7.05 Å². The zero-order valence-corrected chi connectivity index (χ0v) is 12.4. The summed E-state index contributed by atoms with van der Waals surface area (Å²) in [5, 5.41) is -0.0611. The molecule has 0 aliphatic heterocycles. The predicted molar refractivity (Wildman–Crippen MR) is 79.6 cm³/mol. The summed E-state index contributed by atoms with van der Waals surface area (Å²) < 4.78 is 40.2. The normalized spacial score (nSPS) is 11.8. The Balaban J connectivity index is 2.24. The lowest BCUT2D eigenvalue weighted by Gasteiger charge is -2.12. The van der Waals surface area contributed by atoms with Gasteiger partial charge in [-0.3, -0.25) is 18.9 Å². The van der Waals surface area contributed by atoms with E-state index in [9.17, 15) is 22.8 Å². The molecule has 0 radical (unpaired) electrons. The van der Waals surface area contributed by atoms with Crippen molar-refractivity contribution in [2.75, 3.05) is 0 Å². The highest BCUT2D eigenvalue weighted by molar-refractivity contribution is 5.74. The van der Waals surface area contributed by atoms with Gasteiger partial charge in [0.25, 0.3) is 5.56 Å². The fraction of sp³-hybridized carbons (Fsp3) is 0.200. The molecule has 3 heterocycles. The Bertz CT molecular complexity index is 1020. The number of alkyl halides is 3. The molecule has 0 aliphatic carbocycles. The van der Waals surface area contributed by atoms with Crippen LogP contribution in [0.3, 0.4) is 0 Å². The summed E-state index contributed by atoms with van der Waals surface area (Å²) >= 11 is 0. The van der Waals surface area contributed by atoms with Crippen LogP contribution in [0.25, 0.3) is 11.0 Å². The Labute approximate surface area is 132 Å². The first kappa shape index (κ1) is 15.9. The monoisotopic (exact) mass is 336 g/mol. The van der Waals surface area contributed by atoms with Gasteiger partial charge in [0.15, 0.2) is 0 Å². The largest absolute Gasteiger partial charge is 0.433 e. The van der Waals surface area contributed by atoms with Crippen molar-refractivity contribution in [1.82, 2.24) is 19.1 Å². The van der Waals surface area contributed by atoms with Gasteiger partial charge in [-0.15, -0.1) is 0 Å². The molecule has 3 rings (SSSR count). The molecule has 0 aliphatic rings. The Morgan fingerprint density at radius 2 is 1.92 bits per heavy atom. The SMILES string of the molecule is Cn1c(=O)n(Cc2cccnc2)c(=O)c2ccc(C(F)(F)F)nc21. The number of fused-ring (bicyclic) bond motifs is 1. The van der Waals surface area contributed by atoms with Crippen LogP contribution in [0.1, 0.15) is 11.3 Å². The third-order valence-electron chi connectivity index (χ3n) is 3.54. The maximum Gasteiger partial charge on any atom is 0.433 e. The van der Waals surface area contributed by atoms with Gasteiger partial charge in [0.2, 0.25) is 0 Å². The molecule has 0 atom stereocenters. The lowest BCUT2D eigenvalue weighted by atomic mass is 10.2. The van der Waals surface area contributed by atoms with Crippen molar-refractivity contribution in [3.05, 3.63) is 68.8 Å². The highest BCUT2D eigenvalue weighted by Gasteiger charge is 2.33. The lowest BCUT2D eigenvalue weighted by Crippen LogP contribution is -2.39. The van der Waals surface area contributed by atoms with Crippen molar-refractivity contribution in [1.29, 1.82) is 0 Å². The number of aromatic nitrogens is 4. The molecule has 6 nitrogen and oxygen atoms in total. The van der Waals surface area contributed by atoms with Gasteiger partial charge in [0.1, 0.15) is 11.3 Å². The first-order valence-electron chi connectivity index (χ1n) is 6.85. The minimum Gasteiger partial charge on any atom is -0.280 e. The first-order chi connectivity index (χ1) is 11.3. The third kappa shape index (κ3) is 2.68. The van der Waals surface area contributed by atoms with E-state index in [-0.39, 0.29) is 17.6 Å². The van der Waals surface area contributed by atoms with E-state index in [1.807, 2.05) is 0 Å². The number of nitrogens with zero attached hydrogens (tertiary/aromatic N) is 4. The number of hydrogen-bond donors (Lipinski definition) is 0. The molecule has 3 aromatic rings. The summed E-state index contributed by atoms with van der Waals surface area (Å²) in [6, 6.07) is 5.10. The summed E-state index contributed by atoms with van der Waals surface area (Å²) in [7, 11) is 1.27. The molecule has 24 heavy (non-hydrogen) atoms. The average molecular weight is 336 g/mol. The summed E-state index contributed by atoms with van der Waals surface area (Å²) in [5.74, 6) is 0. The summed E-state index contributed by atoms with van der Waals surface area (Å²) in [6.07, 6.45) is -1.61. The van der Waals surface area contributed by atoms with Crippen LogP contribution in [0.4, 0.5) is 13.2 Å². The fourth-order valence-electron chi connectivity index (χ4n) is 2.35. The van der Waals surface area contributed by atoms with Crippen LogP contribution >= 0.6 is 0 Å². The Hall–Kier alpha value is -2.97. The number of halogens is 3. The van der Waals surface area contributed by atoms with Crippen LogP contribution < -0.4 is 11.2 Å². The standard InChI is InChI=1S/C15H11F3N4O2/c1-21-12-10(4-5-11(20-12)15(16,17)18)13(23)22(14(21)24)8-9-3-2-6-19-7-9/h2-7H,8H2,1H3. The van der Waals surface area contributed by atoms with E-state index in [0.717, 1.165) is 21.3 Å². The van der Waals surface area contributed by atoms with E-state index in [1.165, 1.54) is 13.2 Å². The Morgan fingerprint density at radius 1 is 1.17 bits per heavy atom. The highest BCUT2D eigenvalue weighted by atomic mass is 19.4. The zero-order chi connectivity index (χ0) is 17.5. The van der Waals surface area contributed by atoms with Gasteiger partial charge < -0.3 is 0 Å². The first-order valence-corrected chi connectivity index (χ1v) is 6.85. The summed E-state index contributed by atoms with van der Waals surface area (Å²) in [6.45, 7) is -0.0314. The van der Waals surface area contributed by atoms with Crippen molar-refractivity contribution < 1.29 is 13.2 Å². The van der Waals surface area contributed by atoms with Gasteiger partial charge in [0.05, 0.1) is 11.9 Å². The third-order valence-corrected chi connectivity index (χ3v) is 3.54. The minimum atomic E-state index is -4.66. The van der Waals surface area contributed by atoms with E-state index in [1.54, 1.807) is 18.3 Å². The Kier molecular flexibility index (Phi) is 3.70. The van der Waals surface area contributed by atoms with E-state index in [0.29, 0.717) is 5.56 Å². The molecule has 0 unspecified atom stereocenters. The van der Waals surface area contributed by atoms with Crippen molar-refractivity contribution in [3.8, 4) is 0 Å². The van der Waals surface area contributed by atoms with Crippen LogP contribution in [-0.2, 0) is 19.8 Å².